The van der Waals surface area contributed by atoms with Crippen LogP contribution in [0.1, 0.15) is 5.69 Å². The number of hydrogen-bond acceptors (Lipinski definition) is 1. The van der Waals surface area contributed by atoms with Crippen molar-refractivity contribution in [3.05, 3.63) is 42.5 Å². The SMILES string of the molecule is Cn1nccc1CCn1cccc1. The van der Waals surface area contributed by atoms with Gasteiger partial charge in [-0.1, -0.05) is 0 Å². The van der Waals surface area contributed by atoms with Crippen LogP contribution >= 0.6 is 0 Å². The van der Waals surface area contributed by atoms with Gasteiger partial charge in [-0.15, -0.1) is 0 Å². The number of nitrogens with zero attached hydrogens (tertiary/aromatic N) is 3. The minimum atomic E-state index is 1.02. The van der Waals surface area contributed by atoms with E-state index in [0.29, 0.717) is 0 Å². The zero-order chi connectivity index (χ0) is 9.10. The Bertz CT molecular complexity index is 359. The van der Waals surface area contributed by atoms with Crippen LogP contribution in [0.15, 0.2) is 36.8 Å². The molecule has 0 fully saturated rings. The zero-order valence-corrected chi connectivity index (χ0v) is 7.72. The topological polar surface area (TPSA) is 22.8 Å². The van der Waals surface area contributed by atoms with E-state index in [4.69, 9.17) is 0 Å². The smallest absolute Gasteiger partial charge is 0.0492 e. The standard InChI is InChI=1S/C10H13N3/c1-12-10(4-6-11-12)5-9-13-7-2-3-8-13/h2-4,6-8H,5,9H2,1H3. The van der Waals surface area contributed by atoms with Crippen molar-refractivity contribution in [2.45, 2.75) is 13.0 Å². The molecule has 0 aliphatic carbocycles. The summed E-state index contributed by atoms with van der Waals surface area (Å²) in [5.41, 5.74) is 1.27. The minimum Gasteiger partial charge on any atom is -0.354 e. The lowest BCUT2D eigenvalue weighted by Crippen LogP contribution is -2.03. The van der Waals surface area contributed by atoms with Gasteiger partial charge in [-0.3, -0.25) is 4.68 Å². The number of rotatable bonds is 3. The molecule has 0 aliphatic rings. The molecule has 0 unspecified atom stereocenters. The molecule has 2 heterocycles. The fraction of sp³-hybridized carbons (Fsp3) is 0.300. The van der Waals surface area contributed by atoms with Gasteiger partial charge in [-0.05, 0) is 18.2 Å². The average Bonchev–Trinajstić information content (AvgIpc) is 2.72. The lowest BCUT2D eigenvalue weighted by Gasteiger charge is -2.02. The molecule has 0 radical (unpaired) electrons. The van der Waals surface area contributed by atoms with Gasteiger partial charge in [0.2, 0.25) is 0 Å². The van der Waals surface area contributed by atoms with Gasteiger partial charge in [-0.2, -0.15) is 5.10 Å². The van der Waals surface area contributed by atoms with Gasteiger partial charge >= 0.3 is 0 Å². The highest BCUT2D eigenvalue weighted by Crippen LogP contribution is 2.00. The molecule has 0 bridgehead atoms. The monoisotopic (exact) mass is 175 g/mol. The van der Waals surface area contributed by atoms with Crippen molar-refractivity contribution in [1.29, 1.82) is 0 Å². The average molecular weight is 175 g/mol. The molecule has 0 aliphatic heterocycles. The minimum absolute atomic E-state index is 1.02. The van der Waals surface area contributed by atoms with E-state index in [1.807, 2.05) is 30.1 Å². The predicted molar refractivity (Wildman–Crippen MR) is 51.3 cm³/mol. The summed E-state index contributed by atoms with van der Waals surface area (Å²) in [6.45, 7) is 1.02. The fourth-order valence-electron chi connectivity index (χ4n) is 1.41. The van der Waals surface area contributed by atoms with Crippen LogP contribution in [-0.4, -0.2) is 14.3 Å². The van der Waals surface area contributed by atoms with E-state index in [1.54, 1.807) is 0 Å². The van der Waals surface area contributed by atoms with Crippen molar-refractivity contribution in [3.8, 4) is 0 Å². The third-order valence-electron chi connectivity index (χ3n) is 2.21. The zero-order valence-electron chi connectivity index (χ0n) is 7.72. The largest absolute Gasteiger partial charge is 0.354 e. The third kappa shape index (κ3) is 1.80. The maximum absolute atomic E-state index is 4.12. The van der Waals surface area contributed by atoms with Crippen molar-refractivity contribution in [2.24, 2.45) is 7.05 Å². The van der Waals surface area contributed by atoms with Crippen LogP contribution in [0, 0.1) is 0 Å². The first-order valence-electron chi connectivity index (χ1n) is 4.44. The molecule has 3 nitrogen and oxygen atoms in total. The van der Waals surface area contributed by atoms with E-state index in [9.17, 15) is 0 Å². The molecular weight excluding hydrogens is 162 g/mol. The van der Waals surface area contributed by atoms with Gasteiger partial charge in [-0.25, -0.2) is 0 Å². The molecule has 13 heavy (non-hydrogen) atoms. The summed E-state index contributed by atoms with van der Waals surface area (Å²) >= 11 is 0. The van der Waals surface area contributed by atoms with E-state index in [-0.39, 0.29) is 0 Å². The second-order valence-electron chi connectivity index (χ2n) is 3.12. The van der Waals surface area contributed by atoms with Crippen molar-refractivity contribution < 1.29 is 0 Å². The van der Waals surface area contributed by atoms with Crippen LogP contribution in [0.25, 0.3) is 0 Å². The van der Waals surface area contributed by atoms with Crippen molar-refractivity contribution in [3.63, 3.8) is 0 Å². The summed E-state index contributed by atoms with van der Waals surface area (Å²) < 4.78 is 4.09. The maximum Gasteiger partial charge on any atom is 0.0492 e. The van der Waals surface area contributed by atoms with E-state index in [0.717, 1.165) is 13.0 Å². The van der Waals surface area contributed by atoms with Gasteiger partial charge < -0.3 is 4.57 Å². The Kier molecular flexibility index (Phi) is 2.17. The first kappa shape index (κ1) is 8.10. The lowest BCUT2D eigenvalue weighted by molar-refractivity contribution is 0.639. The van der Waals surface area contributed by atoms with Crippen LogP contribution in [0.2, 0.25) is 0 Å². The van der Waals surface area contributed by atoms with Crippen molar-refractivity contribution in [1.82, 2.24) is 14.3 Å². The highest BCUT2D eigenvalue weighted by atomic mass is 15.3. The quantitative estimate of drug-likeness (QED) is 0.692. The molecule has 0 aromatic carbocycles. The Morgan fingerprint density at radius 2 is 2.08 bits per heavy atom. The lowest BCUT2D eigenvalue weighted by atomic mass is 10.3. The number of aromatic nitrogens is 3. The van der Waals surface area contributed by atoms with Gasteiger partial charge in [0, 0.05) is 44.3 Å². The molecule has 0 amide bonds. The summed E-state index contributed by atoms with van der Waals surface area (Å²) in [7, 11) is 1.98. The molecular formula is C10H13N3. The molecule has 0 spiro atoms. The molecule has 68 valence electrons. The first-order chi connectivity index (χ1) is 6.36. The Labute approximate surface area is 77.6 Å². The Balaban J connectivity index is 1.97. The van der Waals surface area contributed by atoms with E-state index >= 15 is 0 Å². The summed E-state index contributed by atoms with van der Waals surface area (Å²) in [4.78, 5) is 0. The highest BCUT2D eigenvalue weighted by molar-refractivity contribution is 5.00. The number of aryl methyl sites for hydroxylation is 3. The Morgan fingerprint density at radius 1 is 1.31 bits per heavy atom. The van der Waals surface area contributed by atoms with Crippen LogP contribution in [0.3, 0.4) is 0 Å². The maximum atomic E-state index is 4.12. The molecule has 2 aromatic rings. The Morgan fingerprint density at radius 3 is 2.69 bits per heavy atom. The van der Waals surface area contributed by atoms with Gasteiger partial charge in [0.05, 0.1) is 0 Å². The van der Waals surface area contributed by atoms with Gasteiger partial charge in [0.25, 0.3) is 0 Å². The molecule has 0 saturated heterocycles. The second-order valence-corrected chi connectivity index (χ2v) is 3.12. The van der Waals surface area contributed by atoms with Gasteiger partial charge in [0.15, 0.2) is 0 Å². The fourth-order valence-corrected chi connectivity index (χ4v) is 1.41. The summed E-state index contributed by atoms with van der Waals surface area (Å²) in [5.74, 6) is 0. The molecule has 0 N–H and O–H groups in total. The van der Waals surface area contributed by atoms with Crippen molar-refractivity contribution >= 4 is 0 Å². The first-order valence-corrected chi connectivity index (χ1v) is 4.44. The van der Waals surface area contributed by atoms with Crippen LogP contribution in [0.4, 0.5) is 0 Å². The predicted octanol–water partition coefficient (Wildman–Crippen LogP) is 1.46. The van der Waals surface area contributed by atoms with Crippen LogP contribution in [-0.2, 0) is 20.0 Å². The van der Waals surface area contributed by atoms with Crippen molar-refractivity contribution in [2.75, 3.05) is 0 Å². The molecule has 3 heteroatoms. The van der Waals surface area contributed by atoms with Crippen LogP contribution < -0.4 is 0 Å². The van der Waals surface area contributed by atoms with Gasteiger partial charge in [0.1, 0.15) is 0 Å². The second kappa shape index (κ2) is 3.47. The number of hydrogen-bond donors (Lipinski definition) is 0. The summed E-state index contributed by atoms with van der Waals surface area (Å²) in [5, 5.41) is 4.12. The summed E-state index contributed by atoms with van der Waals surface area (Å²) in [6, 6.07) is 6.15. The molecule has 0 saturated carbocycles. The normalized spacial score (nSPS) is 10.5. The summed E-state index contributed by atoms with van der Waals surface area (Å²) in [6.07, 6.45) is 7.03. The van der Waals surface area contributed by atoms with E-state index in [2.05, 4.69) is 28.1 Å². The third-order valence-corrected chi connectivity index (χ3v) is 2.21. The highest BCUT2D eigenvalue weighted by Gasteiger charge is 1.97. The Hall–Kier alpha value is -1.51. The molecule has 2 aromatic heterocycles. The van der Waals surface area contributed by atoms with E-state index in [1.165, 1.54) is 5.69 Å². The van der Waals surface area contributed by atoms with E-state index < -0.39 is 0 Å². The molecule has 2 rings (SSSR count). The molecule has 0 atom stereocenters. The van der Waals surface area contributed by atoms with Crippen LogP contribution in [0.5, 0.6) is 0 Å².